The maximum atomic E-state index is 11.4. The Labute approximate surface area is 84.0 Å². The van der Waals surface area contributed by atoms with Crippen molar-refractivity contribution in [2.24, 2.45) is 11.1 Å². The Morgan fingerprint density at radius 1 is 1.43 bits per heavy atom. The van der Waals surface area contributed by atoms with Crippen molar-refractivity contribution in [1.29, 1.82) is 0 Å². The van der Waals surface area contributed by atoms with E-state index in [1.54, 1.807) is 0 Å². The summed E-state index contributed by atoms with van der Waals surface area (Å²) >= 11 is 0. The topological polar surface area (TPSA) is 81.4 Å². The van der Waals surface area contributed by atoms with E-state index in [4.69, 9.17) is 5.73 Å². The average Bonchev–Trinajstić information content (AvgIpc) is 2.10. The molecule has 0 aromatic carbocycles. The second-order valence-electron chi connectivity index (χ2n) is 4.14. The first-order valence-corrected chi connectivity index (χ1v) is 4.39. The molecule has 82 valence electrons. The van der Waals surface area contributed by atoms with Crippen LogP contribution in [0, 0.1) is 5.41 Å². The monoisotopic (exact) mass is 202 g/mol. The lowest BCUT2D eigenvalue weighted by Gasteiger charge is -2.25. The van der Waals surface area contributed by atoms with Crippen LogP contribution in [0.15, 0.2) is 0 Å². The summed E-state index contributed by atoms with van der Waals surface area (Å²) in [6, 6.07) is -0.632. The van der Waals surface area contributed by atoms with Gasteiger partial charge >= 0.3 is 5.97 Å². The van der Waals surface area contributed by atoms with Crippen LogP contribution in [0.25, 0.3) is 0 Å². The molecule has 5 heteroatoms. The van der Waals surface area contributed by atoms with Crippen molar-refractivity contribution >= 4 is 11.9 Å². The van der Waals surface area contributed by atoms with Crippen molar-refractivity contribution in [1.82, 2.24) is 5.32 Å². The Balaban J connectivity index is 4.04. The van der Waals surface area contributed by atoms with Gasteiger partial charge in [-0.05, 0) is 5.41 Å². The van der Waals surface area contributed by atoms with Gasteiger partial charge in [0.15, 0.2) is 0 Å². The summed E-state index contributed by atoms with van der Waals surface area (Å²) in [5, 5.41) is 2.40. The minimum Gasteiger partial charge on any atom is -0.468 e. The fourth-order valence-corrected chi connectivity index (χ4v) is 0.735. The molecule has 0 aliphatic rings. The summed E-state index contributed by atoms with van der Waals surface area (Å²) in [5.74, 6) is -0.831. The molecule has 0 aliphatic heterocycles. The molecule has 3 N–H and O–H groups in total. The summed E-state index contributed by atoms with van der Waals surface area (Å²) in [6.45, 7) is 5.43. The summed E-state index contributed by atoms with van der Waals surface area (Å²) in [4.78, 5) is 22.1. The second-order valence-corrected chi connectivity index (χ2v) is 4.14. The smallest absolute Gasteiger partial charge is 0.325 e. The average molecular weight is 202 g/mol. The molecule has 0 radical (unpaired) electrons. The Morgan fingerprint density at radius 3 is 2.29 bits per heavy atom. The largest absolute Gasteiger partial charge is 0.468 e. The van der Waals surface area contributed by atoms with Crippen LogP contribution < -0.4 is 11.1 Å². The van der Waals surface area contributed by atoms with Crippen molar-refractivity contribution in [2.75, 3.05) is 13.7 Å². The maximum Gasteiger partial charge on any atom is 0.325 e. The highest BCUT2D eigenvalue weighted by Crippen LogP contribution is 2.16. The van der Waals surface area contributed by atoms with E-state index in [1.165, 1.54) is 7.11 Å². The van der Waals surface area contributed by atoms with E-state index in [0.717, 1.165) is 0 Å². The highest BCUT2D eigenvalue weighted by Gasteiger charge is 2.27. The van der Waals surface area contributed by atoms with Gasteiger partial charge in [0.1, 0.15) is 6.54 Å². The molecule has 14 heavy (non-hydrogen) atoms. The van der Waals surface area contributed by atoms with Gasteiger partial charge in [-0.15, -0.1) is 0 Å². The molecule has 0 aromatic rings. The molecule has 0 bridgehead atoms. The van der Waals surface area contributed by atoms with E-state index in [2.05, 4.69) is 10.1 Å². The first-order valence-electron chi connectivity index (χ1n) is 4.39. The zero-order valence-corrected chi connectivity index (χ0v) is 9.09. The number of esters is 1. The third-order valence-electron chi connectivity index (χ3n) is 1.85. The molecule has 0 aliphatic carbocycles. The van der Waals surface area contributed by atoms with Crippen LogP contribution >= 0.6 is 0 Å². The van der Waals surface area contributed by atoms with Crippen LogP contribution in [-0.2, 0) is 14.3 Å². The minimum absolute atomic E-state index is 0.140. The zero-order chi connectivity index (χ0) is 11.4. The van der Waals surface area contributed by atoms with Crippen molar-refractivity contribution in [3.05, 3.63) is 0 Å². The molecule has 0 saturated carbocycles. The number of ether oxygens (including phenoxy) is 1. The quantitative estimate of drug-likeness (QED) is 0.613. The first kappa shape index (κ1) is 12.9. The van der Waals surface area contributed by atoms with Gasteiger partial charge in [0, 0.05) is 0 Å². The number of hydrogen-bond acceptors (Lipinski definition) is 4. The van der Waals surface area contributed by atoms with Crippen LogP contribution in [0.1, 0.15) is 20.8 Å². The number of carbonyl (C=O) groups excluding carboxylic acids is 2. The van der Waals surface area contributed by atoms with Crippen LogP contribution in [-0.4, -0.2) is 31.6 Å². The van der Waals surface area contributed by atoms with Crippen molar-refractivity contribution in [2.45, 2.75) is 26.8 Å². The lowest BCUT2D eigenvalue weighted by Crippen LogP contribution is -2.49. The van der Waals surface area contributed by atoms with Crippen LogP contribution in [0.5, 0.6) is 0 Å². The van der Waals surface area contributed by atoms with Gasteiger partial charge in [-0.3, -0.25) is 9.59 Å². The van der Waals surface area contributed by atoms with Crippen LogP contribution in [0.3, 0.4) is 0 Å². The molecule has 5 nitrogen and oxygen atoms in total. The van der Waals surface area contributed by atoms with Gasteiger partial charge in [-0.25, -0.2) is 0 Å². The molecule has 0 heterocycles. The normalized spacial score (nSPS) is 13.2. The van der Waals surface area contributed by atoms with E-state index < -0.39 is 12.0 Å². The fourth-order valence-electron chi connectivity index (χ4n) is 0.735. The highest BCUT2D eigenvalue weighted by atomic mass is 16.5. The lowest BCUT2D eigenvalue weighted by atomic mass is 9.87. The number of carbonyl (C=O) groups is 2. The number of methoxy groups -OCH3 is 1. The van der Waals surface area contributed by atoms with Crippen molar-refractivity contribution in [3.63, 3.8) is 0 Å². The van der Waals surface area contributed by atoms with Crippen molar-refractivity contribution in [3.8, 4) is 0 Å². The predicted molar refractivity (Wildman–Crippen MR) is 52.5 cm³/mol. The van der Waals surface area contributed by atoms with Gasteiger partial charge in [-0.2, -0.15) is 0 Å². The summed E-state index contributed by atoms with van der Waals surface area (Å²) in [5.41, 5.74) is 5.34. The Kier molecular flexibility index (Phi) is 4.56. The van der Waals surface area contributed by atoms with Gasteiger partial charge < -0.3 is 15.8 Å². The molecule has 0 aromatic heterocycles. The summed E-state index contributed by atoms with van der Waals surface area (Å²) in [6.07, 6.45) is 0. The number of nitrogens with two attached hydrogens (primary N) is 1. The third-order valence-corrected chi connectivity index (χ3v) is 1.85. The predicted octanol–water partition coefficient (Wildman–Crippen LogP) is -0.351. The van der Waals surface area contributed by atoms with E-state index in [9.17, 15) is 9.59 Å². The fraction of sp³-hybridized carbons (Fsp3) is 0.778. The molecular formula is C9H18N2O3. The van der Waals surface area contributed by atoms with E-state index in [0.29, 0.717) is 0 Å². The molecule has 0 fully saturated rings. The summed E-state index contributed by atoms with van der Waals surface area (Å²) in [7, 11) is 1.26. The Hall–Kier alpha value is -1.10. The number of amides is 1. The lowest BCUT2D eigenvalue weighted by molar-refractivity contribution is -0.141. The molecule has 0 spiro atoms. The number of rotatable bonds is 3. The second kappa shape index (κ2) is 4.95. The molecule has 0 saturated heterocycles. The molecule has 1 amide bonds. The third kappa shape index (κ3) is 4.23. The van der Waals surface area contributed by atoms with Gasteiger partial charge in [0.05, 0.1) is 13.2 Å². The van der Waals surface area contributed by atoms with Gasteiger partial charge in [0.2, 0.25) is 5.91 Å². The Morgan fingerprint density at radius 2 is 1.93 bits per heavy atom. The highest BCUT2D eigenvalue weighted by molar-refractivity contribution is 5.85. The van der Waals surface area contributed by atoms with Crippen LogP contribution in [0.4, 0.5) is 0 Å². The van der Waals surface area contributed by atoms with Crippen LogP contribution in [0.2, 0.25) is 0 Å². The molecular weight excluding hydrogens is 184 g/mol. The maximum absolute atomic E-state index is 11.4. The Bertz CT molecular complexity index is 221. The summed E-state index contributed by atoms with van der Waals surface area (Å²) < 4.78 is 4.37. The zero-order valence-electron chi connectivity index (χ0n) is 9.09. The molecule has 1 atom stereocenters. The van der Waals surface area contributed by atoms with E-state index in [1.807, 2.05) is 20.8 Å². The molecule has 0 rings (SSSR count). The molecule has 1 unspecified atom stereocenters. The standard InChI is InChI=1S/C9H18N2O3/c1-9(2,3)7(10)8(13)11-5-6(12)14-4/h7H,5,10H2,1-4H3,(H,11,13). The minimum atomic E-state index is -0.632. The SMILES string of the molecule is COC(=O)CNC(=O)C(N)C(C)(C)C. The van der Waals surface area contributed by atoms with E-state index >= 15 is 0 Å². The number of hydrogen-bond donors (Lipinski definition) is 2. The van der Waals surface area contributed by atoms with E-state index in [-0.39, 0.29) is 17.9 Å². The van der Waals surface area contributed by atoms with Gasteiger partial charge in [0.25, 0.3) is 0 Å². The van der Waals surface area contributed by atoms with Gasteiger partial charge in [-0.1, -0.05) is 20.8 Å². The first-order chi connectivity index (χ1) is 6.29. The van der Waals surface area contributed by atoms with Crippen molar-refractivity contribution < 1.29 is 14.3 Å². The number of nitrogens with one attached hydrogen (secondary N) is 1.